The lowest BCUT2D eigenvalue weighted by Crippen LogP contribution is -2.49. The number of likely N-dealkylation sites (N-methyl/N-ethyl adjacent to an activating group) is 1. The monoisotopic (exact) mass is 276 g/mol. The number of hydrogen-bond acceptors (Lipinski definition) is 4. The van der Waals surface area contributed by atoms with E-state index in [4.69, 9.17) is 4.74 Å². The normalized spacial score (nSPS) is 24.1. The van der Waals surface area contributed by atoms with Gasteiger partial charge in [0.25, 0.3) is 5.91 Å². The van der Waals surface area contributed by atoms with Gasteiger partial charge in [0.15, 0.2) is 0 Å². The maximum absolute atomic E-state index is 12.5. The van der Waals surface area contributed by atoms with Gasteiger partial charge in [-0.15, -0.1) is 0 Å². The third-order valence-electron chi connectivity index (χ3n) is 3.98. The number of imidazole rings is 1. The Hall–Kier alpha value is -1.82. The minimum absolute atomic E-state index is 0.106. The third-order valence-corrected chi connectivity index (χ3v) is 3.98. The highest BCUT2D eigenvalue weighted by atomic mass is 16.5. The standard InChI is InChI=1S/C14H20N4O2/c1-17-6-7-18(9-12(17)13-15-4-5-16-13)14(19)11-3-2-8-20-10-11/h4-5,10,12H,2-3,6-9H2,1H3,(H,15,16)/t12-/m0/s1. The van der Waals surface area contributed by atoms with E-state index in [-0.39, 0.29) is 11.9 Å². The topological polar surface area (TPSA) is 61.5 Å². The summed E-state index contributed by atoms with van der Waals surface area (Å²) in [5, 5.41) is 0. The van der Waals surface area contributed by atoms with Crippen molar-refractivity contribution in [3.63, 3.8) is 0 Å². The van der Waals surface area contributed by atoms with E-state index in [0.29, 0.717) is 13.2 Å². The molecule has 6 heteroatoms. The smallest absolute Gasteiger partial charge is 0.252 e. The first-order valence-corrected chi connectivity index (χ1v) is 7.05. The third kappa shape index (κ3) is 2.56. The second-order valence-corrected chi connectivity index (χ2v) is 5.34. The van der Waals surface area contributed by atoms with Crippen LogP contribution in [0.25, 0.3) is 0 Å². The van der Waals surface area contributed by atoms with Crippen LogP contribution in [0.2, 0.25) is 0 Å². The van der Waals surface area contributed by atoms with Gasteiger partial charge in [0, 0.05) is 32.0 Å². The van der Waals surface area contributed by atoms with Gasteiger partial charge in [-0.3, -0.25) is 9.69 Å². The summed E-state index contributed by atoms with van der Waals surface area (Å²) in [6.07, 6.45) is 6.94. The summed E-state index contributed by atoms with van der Waals surface area (Å²) in [6, 6.07) is 0.132. The van der Waals surface area contributed by atoms with E-state index in [1.807, 2.05) is 11.1 Å². The fourth-order valence-electron chi connectivity index (χ4n) is 2.74. The number of hydrogen-bond donors (Lipinski definition) is 1. The van der Waals surface area contributed by atoms with Crippen molar-refractivity contribution in [2.45, 2.75) is 18.9 Å². The average Bonchev–Trinajstić information content (AvgIpc) is 3.02. The molecule has 1 amide bonds. The van der Waals surface area contributed by atoms with Gasteiger partial charge in [-0.25, -0.2) is 4.98 Å². The zero-order valence-corrected chi connectivity index (χ0v) is 11.7. The molecule has 1 aromatic heterocycles. The SMILES string of the molecule is CN1CCN(C(=O)C2=COCCC2)C[C@H]1c1ncc[nH]1. The Morgan fingerprint density at radius 3 is 3.10 bits per heavy atom. The molecular weight excluding hydrogens is 256 g/mol. The molecule has 0 spiro atoms. The zero-order chi connectivity index (χ0) is 13.9. The number of rotatable bonds is 2. The number of nitrogens with zero attached hydrogens (tertiary/aromatic N) is 3. The number of piperazine rings is 1. The molecular formula is C14H20N4O2. The maximum atomic E-state index is 12.5. The summed E-state index contributed by atoms with van der Waals surface area (Å²) < 4.78 is 5.28. The molecule has 20 heavy (non-hydrogen) atoms. The van der Waals surface area contributed by atoms with Crippen LogP contribution in [0.15, 0.2) is 24.2 Å². The van der Waals surface area contributed by atoms with Gasteiger partial charge in [0.1, 0.15) is 5.82 Å². The van der Waals surface area contributed by atoms with Crippen LogP contribution in [0, 0.1) is 0 Å². The van der Waals surface area contributed by atoms with Crippen LogP contribution < -0.4 is 0 Å². The highest BCUT2D eigenvalue weighted by Crippen LogP contribution is 2.23. The van der Waals surface area contributed by atoms with Crippen LogP contribution in [0.5, 0.6) is 0 Å². The lowest BCUT2D eigenvalue weighted by molar-refractivity contribution is -0.130. The average molecular weight is 276 g/mol. The lowest BCUT2D eigenvalue weighted by atomic mass is 10.1. The number of H-pyrrole nitrogens is 1. The van der Waals surface area contributed by atoms with Gasteiger partial charge in [-0.2, -0.15) is 0 Å². The Labute approximate surface area is 118 Å². The molecule has 1 N–H and O–H groups in total. The van der Waals surface area contributed by atoms with E-state index in [0.717, 1.165) is 37.3 Å². The number of ether oxygens (including phenoxy) is 1. The predicted octanol–water partition coefficient (Wildman–Crippen LogP) is 0.919. The number of aromatic nitrogens is 2. The molecule has 0 radical (unpaired) electrons. The largest absolute Gasteiger partial charge is 0.501 e. The Morgan fingerprint density at radius 1 is 1.50 bits per heavy atom. The summed E-state index contributed by atoms with van der Waals surface area (Å²) in [5.41, 5.74) is 0.791. The molecule has 6 nitrogen and oxygen atoms in total. The quantitative estimate of drug-likeness (QED) is 0.872. The molecule has 0 aromatic carbocycles. The molecule has 0 unspecified atom stereocenters. The summed E-state index contributed by atoms with van der Waals surface area (Å²) in [5.74, 6) is 1.02. The second-order valence-electron chi connectivity index (χ2n) is 5.34. The molecule has 3 heterocycles. The number of nitrogens with one attached hydrogen (secondary N) is 1. The Morgan fingerprint density at radius 2 is 2.40 bits per heavy atom. The van der Waals surface area contributed by atoms with Gasteiger partial charge in [-0.05, 0) is 19.9 Å². The molecule has 2 aliphatic heterocycles. The highest BCUT2D eigenvalue weighted by molar-refractivity contribution is 5.93. The predicted molar refractivity (Wildman–Crippen MR) is 73.8 cm³/mol. The van der Waals surface area contributed by atoms with E-state index in [1.165, 1.54) is 0 Å². The van der Waals surface area contributed by atoms with Gasteiger partial charge in [-0.1, -0.05) is 0 Å². The van der Waals surface area contributed by atoms with Gasteiger partial charge < -0.3 is 14.6 Å². The van der Waals surface area contributed by atoms with Crippen molar-refractivity contribution in [3.05, 3.63) is 30.1 Å². The molecule has 0 bridgehead atoms. The Balaban J connectivity index is 1.72. The first-order valence-electron chi connectivity index (χ1n) is 7.05. The van der Waals surface area contributed by atoms with Crippen LogP contribution in [0.4, 0.5) is 0 Å². The van der Waals surface area contributed by atoms with E-state index >= 15 is 0 Å². The zero-order valence-electron chi connectivity index (χ0n) is 11.7. The number of aromatic amines is 1. The van der Waals surface area contributed by atoms with Crippen molar-refractivity contribution in [2.75, 3.05) is 33.3 Å². The first kappa shape index (κ1) is 13.2. The van der Waals surface area contributed by atoms with Crippen molar-refractivity contribution in [3.8, 4) is 0 Å². The van der Waals surface area contributed by atoms with Crippen molar-refractivity contribution in [1.82, 2.24) is 19.8 Å². The maximum Gasteiger partial charge on any atom is 0.252 e. The van der Waals surface area contributed by atoms with Crippen molar-refractivity contribution in [2.24, 2.45) is 0 Å². The van der Waals surface area contributed by atoms with Crippen molar-refractivity contribution >= 4 is 5.91 Å². The minimum atomic E-state index is 0.106. The lowest BCUT2D eigenvalue weighted by Gasteiger charge is -2.39. The molecule has 2 aliphatic rings. The van der Waals surface area contributed by atoms with Gasteiger partial charge in [0.2, 0.25) is 0 Å². The van der Waals surface area contributed by atoms with E-state index in [9.17, 15) is 4.79 Å². The van der Waals surface area contributed by atoms with E-state index in [1.54, 1.807) is 12.5 Å². The van der Waals surface area contributed by atoms with Crippen molar-refractivity contribution in [1.29, 1.82) is 0 Å². The summed E-state index contributed by atoms with van der Waals surface area (Å²) in [4.78, 5) is 24.1. The summed E-state index contributed by atoms with van der Waals surface area (Å²) in [6.45, 7) is 2.99. The van der Waals surface area contributed by atoms with Crippen LogP contribution in [-0.4, -0.2) is 59.0 Å². The van der Waals surface area contributed by atoms with Crippen LogP contribution >= 0.6 is 0 Å². The summed E-state index contributed by atoms with van der Waals surface area (Å²) >= 11 is 0. The number of carbonyl (C=O) groups excluding carboxylic acids is 1. The fraction of sp³-hybridized carbons (Fsp3) is 0.571. The van der Waals surface area contributed by atoms with Crippen LogP contribution in [0.3, 0.4) is 0 Å². The molecule has 0 saturated carbocycles. The van der Waals surface area contributed by atoms with Crippen LogP contribution in [0.1, 0.15) is 24.7 Å². The number of carbonyl (C=O) groups is 1. The van der Waals surface area contributed by atoms with Crippen LogP contribution in [-0.2, 0) is 9.53 Å². The van der Waals surface area contributed by atoms with E-state index in [2.05, 4.69) is 21.9 Å². The summed E-state index contributed by atoms with van der Waals surface area (Å²) in [7, 11) is 2.07. The molecule has 1 fully saturated rings. The molecule has 1 saturated heterocycles. The second kappa shape index (κ2) is 5.66. The molecule has 0 aliphatic carbocycles. The van der Waals surface area contributed by atoms with E-state index < -0.39 is 0 Å². The fourth-order valence-corrected chi connectivity index (χ4v) is 2.74. The van der Waals surface area contributed by atoms with Crippen molar-refractivity contribution < 1.29 is 9.53 Å². The van der Waals surface area contributed by atoms with Gasteiger partial charge in [0.05, 0.1) is 24.5 Å². The Bertz CT molecular complexity index is 497. The van der Waals surface area contributed by atoms with Gasteiger partial charge >= 0.3 is 0 Å². The molecule has 3 rings (SSSR count). The minimum Gasteiger partial charge on any atom is -0.501 e. The molecule has 108 valence electrons. The molecule has 1 aromatic rings. The first-order chi connectivity index (χ1) is 9.75. The number of amides is 1. The highest BCUT2D eigenvalue weighted by Gasteiger charge is 2.31. The Kier molecular flexibility index (Phi) is 3.73. The molecule has 1 atom stereocenters.